The molecular weight excluding hydrogens is 332 g/mol. The van der Waals surface area contributed by atoms with Crippen LogP contribution in [0.3, 0.4) is 0 Å². The minimum atomic E-state index is -0.209. The normalized spacial score (nSPS) is 10.8. The first-order valence-corrected chi connectivity index (χ1v) is 8.02. The van der Waals surface area contributed by atoms with Crippen molar-refractivity contribution in [1.82, 2.24) is 20.2 Å². The molecule has 0 fully saturated rings. The summed E-state index contributed by atoms with van der Waals surface area (Å²) in [6, 6.07) is 12.9. The van der Waals surface area contributed by atoms with E-state index in [2.05, 4.69) is 20.2 Å². The highest BCUT2D eigenvalue weighted by Gasteiger charge is 2.09. The molecule has 2 aromatic carbocycles. The van der Waals surface area contributed by atoms with Gasteiger partial charge in [-0.1, -0.05) is 18.2 Å². The molecule has 0 atom stereocenters. The van der Waals surface area contributed by atoms with Crippen LogP contribution < -0.4 is 15.0 Å². The molecule has 130 valence electrons. The summed E-state index contributed by atoms with van der Waals surface area (Å²) in [6.07, 6.45) is 3.48. The second-order valence-corrected chi connectivity index (χ2v) is 5.67. The lowest BCUT2D eigenvalue weighted by Crippen LogP contribution is -2.13. The largest absolute Gasteiger partial charge is 0.493 e. The van der Waals surface area contributed by atoms with Crippen LogP contribution >= 0.6 is 0 Å². The van der Waals surface area contributed by atoms with E-state index in [0.717, 1.165) is 11.1 Å². The van der Waals surface area contributed by atoms with Gasteiger partial charge in [0, 0.05) is 11.8 Å². The second-order valence-electron chi connectivity index (χ2n) is 5.67. The lowest BCUT2D eigenvalue weighted by Gasteiger charge is -2.10. The molecule has 0 saturated heterocycles. The van der Waals surface area contributed by atoms with Crippen LogP contribution in [-0.4, -0.2) is 27.3 Å². The zero-order valence-electron chi connectivity index (χ0n) is 14.0. The molecule has 0 aliphatic carbocycles. The van der Waals surface area contributed by atoms with Crippen molar-refractivity contribution in [3.05, 3.63) is 71.0 Å². The van der Waals surface area contributed by atoms with E-state index in [9.17, 15) is 4.79 Å². The summed E-state index contributed by atoms with van der Waals surface area (Å²) in [5, 5.41) is 7.21. The number of methoxy groups -OCH3 is 1. The molecule has 26 heavy (non-hydrogen) atoms. The Morgan fingerprint density at radius 3 is 2.69 bits per heavy atom. The van der Waals surface area contributed by atoms with Gasteiger partial charge in [0.15, 0.2) is 11.5 Å². The summed E-state index contributed by atoms with van der Waals surface area (Å²) in [5.41, 5.74) is 2.21. The SMILES string of the molecule is COc1ccccc1OCc1nc2ccc(-c3cn[nH]c3)cc2c(=O)[nH]1. The monoisotopic (exact) mass is 348 g/mol. The second kappa shape index (κ2) is 6.72. The zero-order valence-corrected chi connectivity index (χ0v) is 14.0. The van der Waals surface area contributed by atoms with Gasteiger partial charge in [0.2, 0.25) is 0 Å². The summed E-state index contributed by atoms with van der Waals surface area (Å²) >= 11 is 0. The third-order valence-corrected chi connectivity index (χ3v) is 4.02. The maximum absolute atomic E-state index is 12.5. The van der Waals surface area contributed by atoms with Crippen LogP contribution in [0.5, 0.6) is 11.5 Å². The van der Waals surface area contributed by atoms with Crippen molar-refractivity contribution >= 4 is 10.9 Å². The van der Waals surface area contributed by atoms with Gasteiger partial charge < -0.3 is 14.5 Å². The molecular formula is C19H16N4O3. The Morgan fingerprint density at radius 1 is 1.08 bits per heavy atom. The number of benzene rings is 2. The summed E-state index contributed by atoms with van der Waals surface area (Å²) in [7, 11) is 1.58. The molecule has 7 heteroatoms. The number of aromatic amines is 2. The van der Waals surface area contributed by atoms with Gasteiger partial charge in [-0.05, 0) is 29.8 Å². The molecule has 0 saturated carbocycles. The van der Waals surface area contributed by atoms with Gasteiger partial charge in [-0.25, -0.2) is 4.98 Å². The summed E-state index contributed by atoms with van der Waals surface area (Å²) in [5.74, 6) is 1.66. The fourth-order valence-corrected chi connectivity index (χ4v) is 2.73. The first-order chi connectivity index (χ1) is 12.7. The molecule has 2 N–H and O–H groups in total. The Hall–Kier alpha value is -3.61. The van der Waals surface area contributed by atoms with Gasteiger partial charge in [-0.2, -0.15) is 5.10 Å². The minimum Gasteiger partial charge on any atom is -0.493 e. The van der Waals surface area contributed by atoms with Crippen molar-refractivity contribution < 1.29 is 9.47 Å². The van der Waals surface area contributed by atoms with Gasteiger partial charge >= 0.3 is 0 Å². The number of aromatic nitrogens is 4. The van der Waals surface area contributed by atoms with Crippen molar-refractivity contribution in [2.24, 2.45) is 0 Å². The molecule has 0 aliphatic rings. The van der Waals surface area contributed by atoms with Crippen LogP contribution in [-0.2, 0) is 6.61 Å². The van der Waals surface area contributed by atoms with Crippen molar-refractivity contribution in [3.63, 3.8) is 0 Å². The van der Waals surface area contributed by atoms with Crippen molar-refractivity contribution in [2.45, 2.75) is 6.61 Å². The number of hydrogen-bond acceptors (Lipinski definition) is 5. The molecule has 2 heterocycles. The van der Waals surface area contributed by atoms with Gasteiger partial charge in [-0.15, -0.1) is 0 Å². The van der Waals surface area contributed by atoms with Crippen LogP contribution in [0.15, 0.2) is 59.7 Å². The van der Waals surface area contributed by atoms with E-state index in [4.69, 9.17) is 9.47 Å². The van der Waals surface area contributed by atoms with E-state index < -0.39 is 0 Å². The van der Waals surface area contributed by atoms with Gasteiger partial charge in [0.05, 0.1) is 24.2 Å². The lowest BCUT2D eigenvalue weighted by molar-refractivity contribution is 0.276. The Kier molecular flexibility index (Phi) is 4.10. The number of ether oxygens (including phenoxy) is 2. The molecule has 0 unspecified atom stereocenters. The number of nitrogens with zero attached hydrogens (tertiary/aromatic N) is 2. The molecule has 4 rings (SSSR count). The Morgan fingerprint density at radius 2 is 1.92 bits per heavy atom. The van der Waals surface area contributed by atoms with Crippen LogP contribution in [0.4, 0.5) is 0 Å². The Balaban J connectivity index is 1.63. The molecule has 7 nitrogen and oxygen atoms in total. The van der Waals surface area contributed by atoms with Crippen molar-refractivity contribution in [3.8, 4) is 22.6 Å². The highest BCUT2D eigenvalue weighted by molar-refractivity contribution is 5.83. The van der Waals surface area contributed by atoms with E-state index >= 15 is 0 Å². The summed E-state index contributed by atoms with van der Waals surface area (Å²) in [6.45, 7) is 0.134. The molecule has 2 aromatic heterocycles. The Labute approximate surface area is 148 Å². The topological polar surface area (TPSA) is 92.9 Å². The van der Waals surface area contributed by atoms with Gasteiger partial charge in [0.25, 0.3) is 5.56 Å². The number of para-hydroxylation sites is 2. The van der Waals surface area contributed by atoms with Crippen LogP contribution in [0.2, 0.25) is 0 Å². The van der Waals surface area contributed by atoms with Crippen LogP contribution in [0, 0.1) is 0 Å². The van der Waals surface area contributed by atoms with Gasteiger partial charge in [0.1, 0.15) is 12.4 Å². The van der Waals surface area contributed by atoms with E-state index in [1.54, 1.807) is 31.6 Å². The first-order valence-electron chi connectivity index (χ1n) is 8.02. The summed E-state index contributed by atoms with van der Waals surface area (Å²) in [4.78, 5) is 19.7. The molecule has 0 radical (unpaired) electrons. The third-order valence-electron chi connectivity index (χ3n) is 4.02. The average Bonchev–Trinajstić information content (AvgIpc) is 3.21. The number of nitrogens with one attached hydrogen (secondary N) is 2. The van der Waals surface area contributed by atoms with Gasteiger partial charge in [-0.3, -0.25) is 9.89 Å². The zero-order chi connectivity index (χ0) is 17.9. The maximum atomic E-state index is 12.5. The quantitative estimate of drug-likeness (QED) is 0.578. The van der Waals surface area contributed by atoms with Crippen LogP contribution in [0.25, 0.3) is 22.0 Å². The van der Waals surface area contributed by atoms with E-state index in [-0.39, 0.29) is 12.2 Å². The predicted molar refractivity (Wildman–Crippen MR) is 97.3 cm³/mol. The number of fused-ring (bicyclic) bond motifs is 1. The van der Waals surface area contributed by atoms with E-state index in [1.807, 2.05) is 30.3 Å². The number of rotatable bonds is 5. The molecule has 0 aliphatic heterocycles. The van der Waals surface area contributed by atoms with Crippen molar-refractivity contribution in [1.29, 1.82) is 0 Å². The molecule has 0 bridgehead atoms. The smallest absolute Gasteiger partial charge is 0.258 e. The highest BCUT2D eigenvalue weighted by atomic mass is 16.5. The van der Waals surface area contributed by atoms with Crippen molar-refractivity contribution in [2.75, 3.05) is 7.11 Å². The molecule has 0 spiro atoms. The summed E-state index contributed by atoms with van der Waals surface area (Å²) < 4.78 is 11.0. The van der Waals surface area contributed by atoms with E-state index in [1.165, 1.54) is 0 Å². The predicted octanol–water partition coefficient (Wildman–Crippen LogP) is 2.90. The number of hydrogen-bond donors (Lipinski definition) is 2. The minimum absolute atomic E-state index is 0.134. The Bertz CT molecular complexity index is 1100. The maximum Gasteiger partial charge on any atom is 0.258 e. The highest BCUT2D eigenvalue weighted by Crippen LogP contribution is 2.26. The number of H-pyrrole nitrogens is 2. The van der Waals surface area contributed by atoms with Crippen LogP contribution in [0.1, 0.15) is 5.82 Å². The fourth-order valence-electron chi connectivity index (χ4n) is 2.73. The first kappa shape index (κ1) is 15.9. The molecule has 4 aromatic rings. The van der Waals surface area contributed by atoms with E-state index in [0.29, 0.717) is 28.2 Å². The molecule has 0 amide bonds. The standard InChI is InChI=1S/C19H16N4O3/c1-25-16-4-2-3-5-17(16)26-11-18-22-15-7-6-12(13-9-20-21-10-13)8-14(15)19(24)23-18/h2-10H,11H2,1H3,(H,20,21)(H,22,23,24). The fraction of sp³-hybridized carbons (Fsp3) is 0.105. The lowest BCUT2D eigenvalue weighted by atomic mass is 10.1. The average molecular weight is 348 g/mol. The third kappa shape index (κ3) is 3.02.